The van der Waals surface area contributed by atoms with Gasteiger partial charge in [-0.25, -0.2) is 9.78 Å². The van der Waals surface area contributed by atoms with Crippen molar-refractivity contribution in [3.8, 4) is 0 Å². The van der Waals surface area contributed by atoms with E-state index >= 15 is 0 Å². The minimum Gasteiger partial charge on any atom is -0.478 e. The number of benzene rings is 2. The van der Waals surface area contributed by atoms with Crippen LogP contribution in [0.25, 0.3) is 0 Å². The molecule has 0 unspecified atom stereocenters. The van der Waals surface area contributed by atoms with Crippen LogP contribution in [0.15, 0.2) is 54.6 Å². The molecule has 3 aromatic rings. The van der Waals surface area contributed by atoms with Gasteiger partial charge in [0.05, 0.1) is 5.56 Å². The minimum atomic E-state index is -0.969. The molecule has 0 spiro atoms. The number of aromatic carboxylic acids is 1. The zero-order valence-corrected chi connectivity index (χ0v) is 16.4. The SMILES string of the molecule is Cc1cc(Nc2cccc(C(=O)O)c2)nc(Nc2ccccc2C(C)(C)C)n1. The van der Waals surface area contributed by atoms with Crippen molar-refractivity contribution in [2.24, 2.45) is 0 Å². The van der Waals surface area contributed by atoms with Crippen LogP contribution in [-0.4, -0.2) is 21.0 Å². The maximum Gasteiger partial charge on any atom is 0.335 e. The molecular weight excluding hydrogens is 352 g/mol. The third-order valence-electron chi connectivity index (χ3n) is 4.22. The second-order valence-corrected chi connectivity index (χ2v) is 7.65. The van der Waals surface area contributed by atoms with E-state index in [0.717, 1.165) is 11.4 Å². The number of nitrogens with zero attached hydrogens (tertiary/aromatic N) is 2. The van der Waals surface area contributed by atoms with Crippen molar-refractivity contribution in [3.63, 3.8) is 0 Å². The number of nitrogens with one attached hydrogen (secondary N) is 2. The molecule has 0 saturated carbocycles. The molecule has 6 nitrogen and oxygen atoms in total. The first-order valence-electron chi connectivity index (χ1n) is 9.05. The highest BCUT2D eigenvalue weighted by atomic mass is 16.4. The second kappa shape index (κ2) is 7.68. The van der Waals surface area contributed by atoms with Crippen LogP contribution >= 0.6 is 0 Å². The Morgan fingerprint density at radius 1 is 0.964 bits per heavy atom. The number of carboxylic acid groups (broad SMARTS) is 1. The molecule has 0 amide bonds. The van der Waals surface area contributed by atoms with Crippen LogP contribution in [0.3, 0.4) is 0 Å². The Balaban J connectivity index is 1.89. The van der Waals surface area contributed by atoms with E-state index in [1.165, 1.54) is 5.56 Å². The summed E-state index contributed by atoms with van der Waals surface area (Å²) in [6.07, 6.45) is 0. The molecule has 1 aromatic heterocycles. The number of carboxylic acids is 1. The summed E-state index contributed by atoms with van der Waals surface area (Å²) < 4.78 is 0. The Labute approximate surface area is 164 Å². The normalized spacial score (nSPS) is 11.1. The molecule has 3 N–H and O–H groups in total. The molecule has 0 atom stereocenters. The van der Waals surface area contributed by atoms with E-state index < -0.39 is 5.97 Å². The predicted molar refractivity (Wildman–Crippen MR) is 112 cm³/mol. The molecule has 2 aromatic carbocycles. The summed E-state index contributed by atoms with van der Waals surface area (Å²) in [6, 6.07) is 16.5. The maximum absolute atomic E-state index is 11.2. The van der Waals surface area contributed by atoms with E-state index in [2.05, 4.69) is 47.4 Å². The van der Waals surface area contributed by atoms with Crippen molar-refractivity contribution < 1.29 is 9.90 Å². The molecule has 0 aliphatic heterocycles. The van der Waals surface area contributed by atoms with Gasteiger partial charge in [-0.15, -0.1) is 0 Å². The summed E-state index contributed by atoms with van der Waals surface area (Å²) in [5.41, 5.74) is 3.77. The van der Waals surface area contributed by atoms with Gasteiger partial charge in [-0.2, -0.15) is 4.98 Å². The lowest BCUT2D eigenvalue weighted by molar-refractivity contribution is 0.0697. The fourth-order valence-electron chi connectivity index (χ4n) is 2.93. The van der Waals surface area contributed by atoms with E-state index in [0.29, 0.717) is 17.5 Å². The molecule has 0 aliphatic rings. The van der Waals surface area contributed by atoms with Gasteiger partial charge in [0.15, 0.2) is 0 Å². The van der Waals surface area contributed by atoms with Crippen LogP contribution in [0.5, 0.6) is 0 Å². The topological polar surface area (TPSA) is 87.1 Å². The maximum atomic E-state index is 11.2. The summed E-state index contributed by atoms with van der Waals surface area (Å²) in [4.78, 5) is 20.2. The molecule has 144 valence electrons. The predicted octanol–water partition coefficient (Wildman–Crippen LogP) is 5.27. The lowest BCUT2D eigenvalue weighted by Crippen LogP contribution is -2.14. The van der Waals surface area contributed by atoms with Crippen LogP contribution in [0.2, 0.25) is 0 Å². The highest BCUT2D eigenvalue weighted by Crippen LogP contribution is 2.31. The van der Waals surface area contributed by atoms with Gasteiger partial charge < -0.3 is 15.7 Å². The van der Waals surface area contributed by atoms with Gasteiger partial charge in [0, 0.05) is 23.1 Å². The van der Waals surface area contributed by atoms with Crippen LogP contribution in [-0.2, 0) is 5.41 Å². The Morgan fingerprint density at radius 3 is 2.43 bits per heavy atom. The smallest absolute Gasteiger partial charge is 0.335 e. The van der Waals surface area contributed by atoms with E-state index in [4.69, 9.17) is 5.11 Å². The minimum absolute atomic E-state index is 0.0221. The second-order valence-electron chi connectivity index (χ2n) is 7.65. The van der Waals surface area contributed by atoms with E-state index in [1.54, 1.807) is 24.3 Å². The van der Waals surface area contributed by atoms with Crippen molar-refractivity contribution in [1.29, 1.82) is 0 Å². The number of anilines is 4. The first-order valence-corrected chi connectivity index (χ1v) is 9.05. The standard InChI is InChI=1S/C22H24N4O2/c1-14-12-19(24-16-9-7-8-15(13-16)20(27)28)26-21(23-14)25-18-11-6-5-10-17(18)22(2,3)4/h5-13H,1-4H3,(H,27,28)(H2,23,24,25,26). The Kier molecular flexibility index (Phi) is 5.31. The number of rotatable bonds is 5. The van der Waals surface area contributed by atoms with Gasteiger partial charge in [-0.05, 0) is 42.2 Å². The molecule has 6 heteroatoms. The Hall–Kier alpha value is -3.41. The van der Waals surface area contributed by atoms with Gasteiger partial charge in [-0.3, -0.25) is 0 Å². The summed E-state index contributed by atoms with van der Waals surface area (Å²) in [5, 5.41) is 15.6. The fraction of sp³-hybridized carbons (Fsp3) is 0.227. The first-order chi connectivity index (χ1) is 13.2. The number of aromatic nitrogens is 2. The number of hydrogen-bond donors (Lipinski definition) is 3. The van der Waals surface area contributed by atoms with Crippen LogP contribution in [0.4, 0.5) is 23.1 Å². The molecule has 0 aliphatic carbocycles. The highest BCUT2D eigenvalue weighted by molar-refractivity contribution is 5.89. The van der Waals surface area contributed by atoms with Gasteiger partial charge in [0.1, 0.15) is 5.82 Å². The van der Waals surface area contributed by atoms with Gasteiger partial charge in [0.25, 0.3) is 0 Å². The van der Waals surface area contributed by atoms with Crippen molar-refractivity contribution in [1.82, 2.24) is 9.97 Å². The molecule has 1 heterocycles. The molecule has 0 radical (unpaired) electrons. The number of para-hydroxylation sites is 1. The molecule has 0 bridgehead atoms. The molecule has 3 rings (SSSR count). The summed E-state index contributed by atoms with van der Waals surface area (Å²) in [7, 11) is 0. The van der Waals surface area contributed by atoms with Crippen LogP contribution in [0, 0.1) is 6.92 Å². The third-order valence-corrected chi connectivity index (χ3v) is 4.22. The summed E-state index contributed by atoms with van der Waals surface area (Å²) in [5.74, 6) is 0.100. The van der Waals surface area contributed by atoms with E-state index in [1.807, 2.05) is 31.2 Å². The van der Waals surface area contributed by atoms with E-state index in [-0.39, 0.29) is 11.0 Å². The molecule has 28 heavy (non-hydrogen) atoms. The van der Waals surface area contributed by atoms with Gasteiger partial charge >= 0.3 is 5.97 Å². The molecular formula is C22H24N4O2. The monoisotopic (exact) mass is 376 g/mol. The van der Waals surface area contributed by atoms with E-state index in [9.17, 15) is 4.79 Å². The largest absolute Gasteiger partial charge is 0.478 e. The Morgan fingerprint density at radius 2 is 1.71 bits per heavy atom. The lowest BCUT2D eigenvalue weighted by atomic mass is 9.86. The molecule has 0 saturated heterocycles. The lowest BCUT2D eigenvalue weighted by Gasteiger charge is -2.23. The van der Waals surface area contributed by atoms with Gasteiger partial charge in [-0.1, -0.05) is 45.0 Å². The van der Waals surface area contributed by atoms with Crippen LogP contribution in [0.1, 0.15) is 42.4 Å². The van der Waals surface area contributed by atoms with Gasteiger partial charge in [0.2, 0.25) is 5.95 Å². The highest BCUT2D eigenvalue weighted by Gasteiger charge is 2.18. The van der Waals surface area contributed by atoms with Crippen molar-refractivity contribution in [2.45, 2.75) is 33.1 Å². The van der Waals surface area contributed by atoms with Crippen molar-refractivity contribution >= 4 is 29.1 Å². The van der Waals surface area contributed by atoms with Crippen LogP contribution < -0.4 is 10.6 Å². The number of hydrogen-bond acceptors (Lipinski definition) is 5. The summed E-state index contributed by atoms with van der Waals surface area (Å²) in [6.45, 7) is 8.37. The summed E-state index contributed by atoms with van der Waals surface area (Å²) >= 11 is 0. The Bertz CT molecular complexity index is 1010. The van der Waals surface area contributed by atoms with Crippen molar-refractivity contribution in [3.05, 3.63) is 71.4 Å². The number of aryl methyl sites for hydroxylation is 1. The average molecular weight is 376 g/mol. The molecule has 0 fully saturated rings. The van der Waals surface area contributed by atoms with Crippen molar-refractivity contribution in [2.75, 3.05) is 10.6 Å². The third kappa shape index (κ3) is 4.65. The zero-order chi connectivity index (χ0) is 20.3. The zero-order valence-electron chi connectivity index (χ0n) is 16.4. The quantitative estimate of drug-likeness (QED) is 0.562. The fourth-order valence-corrected chi connectivity index (χ4v) is 2.93. The first kappa shape index (κ1) is 19.4. The average Bonchev–Trinajstić information content (AvgIpc) is 2.61. The number of carbonyl (C=O) groups is 1.